The van der Waals surface area contributed by atoms with Gasteiger partial charge in [0.15, 0.2) is 11.4 Å². The van der Waals surface area contributed by atoms with Gasteiger partial charge in [-0.05, 0) is 19.1 Å². The second kappa shape index (κ2) is 5.30. The summed E-state index contributed by atoms with van der Waals surface area (Å²) in [6.45, 7) is 1.76. The summed E-state index contributed by atoms with van der Waals surface area (Å²) in [4.78, 5) is 33.0. The lowest BCUT2D eigenvalue weighted by Crippen LogP contribution is -2.28. The Morgan fingerprint density at radius 3 is 2.79 bits per heavy atom. The summed E-state index contributed by atoms with van der Waals surface area (Å²) in [6.07, 6.45) is 2.79. The number of hydrogen-bond acceptors (Lipinski definition) is 4. The van der Waals surface area contributed by atoms with Crippen molar-refractivity contribution in [3.8, 4) is 0 Å². The summed E-state index contributed by atoms with van der Waals surface area (Å²) in [5, 5.41) is 11.5. The zero-order valence-electron chi connectivity index (χ0n) is 10.1. The van der Waals surface area contributed by atoms with Crippen LogP contribution in [0, 0.1) is 0 Å². The maximum atomic E-state index is 11.9. The Morgan fingerprint density at radius 2 is 2.16 bits per heavy atom. The topological polar surface area (TPSA) is 108 Å². The van der Waals surface area contributed by atoms with Gasteiger partial charge in [-0.1, -0.05) is 6.07 Å². The molecule has 3 N–H and O–H groups in total. The third-order valence-corrected chi connectivity index (χ3v) is 2.55. The molecule has 2 heterocycles. The van der Waals surface area contributed by atoms with Gasteiger partial charge in [-0.25, -0.2) is 9.78 Å². The Hall–Kier alpha value is -2.70. The first kappa shape index (κ1) is 12.7. The number of rotatable bonds is 4. The van der Waals surface area contributed by atoms with Crippen molar-refractivity contribution in [1.29, 1.82) is 0 Å². The molecule has 0 aromatic carbocycles. The predicted octanol–water partition coefficient (Wildman–Crippen LogP) is 0.994. The second-order valence-electron chi connectivity index (χ2n) is 3.88. The fraction of sp³-hybridized carbons (Fsp3) is 0.167. The summed E-state index contributed by atoms with van der Waals surface area (Å²) in [5.41, 5.74) is 0.310. The molecule has 1 atom stereocenters. The zero-order valence-corrected chi connectivity index (χ0v) is 10.1. The van der Waals surface area contributed by atoms with Crippen molar-refractivity contribution in [3.05, 3.63) is 47.8 Å². The Kier molecular flexibility index (Phi) is 3.56. The van der Waals surface area contributed by atoms with Gasteiger partial charge < -0.3 is 15.4 Å². The third-order valence-electron chi connectivity index (χ3n) is 2.55. The van der Waals surface area contributed by atoms with E-state index in [-0.39, 0.29) is 17.4 Å². The van der Waals surface area contributed by atoms with Gasteiger partial charge in [-0.2, -0.15) is 0 Å². The van der Waals surface area contributed by atoms with Gasteiger partial charge >= 0.3 is 5.97 Å². The molecule has 98 valence electrons. The van der Waals surface area contributed by atoms with Crippen LogP contribution in [0.4, 0.5) is 0 Å². The number of carboxylic acid groups (broad SMARTS) is 1. The summed E-state index contributed by atoms with van der Waals surface area (Å²) in [7, 11) is 0. The first-order chi connectivity index (χ1) is 9.09. The molecule has 0 unspecified atom stereocenters. The molecule has 1 amide bonds. The number of H-pyrrole nitrogens is 1. The highest BCUT2D eigenvalue weighted by Gasteiger charge is 2.21. The van der Waals surface area contributed by atoms with Crippen molar-refractivity contribution in [2.24, 2.45) is 0 Å². The molecule has 0 radical (unpaired) electrons. The molecule has 0 saturated heterocycles. The summed E-state index contributed by atoms with van der Waals surface area (Å²) in [5.74, 6) is -1.79. The van der Waals surface area contributed by atoms with E-state index in [1.165, 1.54) is 6.33 Å². The van der Waals surface area contributed by atoms with Gasteiger partial charge in [0, 0.05) is 6.20 Å². The van der Waals surface area contributed by atoms with E-state index in [0.29, 0.717) is 5.69 Å². The monoisotopic (exact) mass is 260 g/mol. The molecule has 2 aromatic rings. The van der Waals surface area contributed by atoms with E-state index in [9.17, 15) is 9.59 Å². The van der Waals surface area contributed by atoms with Crippen LogP contribution < -0.4 is 5.32 Å². The molecule has 2 aromatic heterocycles. The van der Waals surface area contributed by atoms with Crippen molar-refractivity contribution < 1.29 is 14.7 Å². The SMILES string of the molecule is C[C@@H](NC(=O)c1nc[nH]c1C(=O)O)c1ccccn1. The molecular formula is C12H12N4O3. The lowest BCUT2D eigenvalue weighted by atomic mass is 10.2. The maximum Gasteiger partial charge on any atom is 0.354 e. The van der Waals surface area contributed by atoms with Crippen LogP contribution >= 0.6 is 0 Å². The number of aromatic carboxylic acids is 1. The number of carboxylic acids is 1. The molecule has 0 spiro atoms. The van der Waals surface area contributed by atoms with E-state index in [0.717, 1.165) is 0 Å². The molecule has 0 fully saturated rings. The Morgan fingerprint density at radius 1 is 1.37 bits per heavy atom. The van der Waals surface area contributed by atoms with Crippen LogP contribution in [-0.2, 0) is 0 Å². The lowest BCUT2D eigenvalue weighted by Gasteiger charge is -2.12. The van der Waals surface area contributed by atoms with E-state index in [1.54, 1.807) is 25.3 Å². The van der Waals surface area contributed by atoms with Crippen LogP contribution in [0.2, 0.25) is 0 Å². The minimum atomic E-state index is -1.23. The van der Waals surface area contributed by atoms with Gasteiger partial charge in [-0.3, -0.25) is 9.78 Å². The van der Waals surface area contributed by atoms with Crippen LogP contribution in [0.15, 0.2) is 30.7 Å². The molecule has 2 rings (SSSR count). The minimum absolute atomic E-state index is 0.143. The number of imidazole rings is 1. The largest absolute Gasteiger partial charge is 0.477 e. The molecule has 0 aliphatic heterocycles. The van der Waals surface area contributed by atoms with Crippen molar-refractivity contribution in [2.45, 2.75) is 13.0 Å². The Balaban J connectivity index is 2.13. The second-order valence-corrected chi connectivity index (χ2v) is 3.88. The predicted molar refractivity (Wildman–Crippen MR) is 65.7 cm³/mol. The average molecular weight is 260 g/mol. The molecule has 0 bridgehead atoms. The number of carbonyl (C=O) groups is 2. The molecule has 7 heteroatoms. The van der Waals surface area contributed by atoms with Gasteiger partial charge in [0.05, 0.1) is 18.1 Å². The highest BCUT2D eigenvalue weighted by Crippen LogP contribution is 2.10. The first-order valence-corrected chi connectivity index (χ1v) is 5.58. The van der Waals surface area contributed by atoms with Crippen molar-refractivity contribution in [1.82, 2.24) is 20.3 Å². The van der Waals surface area contributed by atoms with Gasteiger partial charge in [0.2, 0.25) is 0 Å². The molecule has 0 aliphatic rings. The Labute approximate surface area is 108 Å². The quantitative estimate of drug-likeness (QED) is 0.759. The Bertz CT molecular complexity index is 594. The van der Waals surface area contributed by atoms with Crippen LogP contribution in [0.5, 0.6) is 0 Å². The van der Waals surface area contributed by atoms with E-state index < -0.39 is 11.9 Å². The lowest BCUT2D eigenvalue weighted by molar-refractivity contribution is 0.0684. The first-order valence-electron chi connectivity index (χ1n) is 5.58. The molecule has 0 saturated carbocycles. The molecule has 7 nitrogen and oxygen atoms in total. The van der Waals surface area contributed by atoms with E-state index in [1.807, 2.05) is 6.07 Å². The summed E-state index contributed by atoms with van der Waals surface area (Å²) < 4.78 is 0. The number of aromatic amines is 1. The van der Waals surface area contributed by atoms with Gasteiger partial charge in [-0.15, -0.1) is 0 Å². The standard InChI is InChI=1S/C12H12N4O3/c1-7(8-4-2-3-5-13-8)16-11(17)9-10(12(18)19)15-6-14-9/h2-7H,1H3,(H,14,15)(H,16,17)(H,18,19)/t7-/m1/s1. The normalized spacial score (nSPS) is 11.8. The van der Waals surface area contributed by atoms with Crippen LogP contribution in [0.25, 0.3) is 0 Å². The summed E-state index contributed by atoms with van der Waals surface area (Å²) in [6, 6.07) is 5.01. The fourth-order valence-electron chi connectivity index (χ4n) is 1.60. The van der Waals surface area contributed by atoms with Crippen molar-refractivity contribution in [2.75, 3.05) is 0 Å². The number of carbonyl (C=O) groups excluding carboxylic acids is 1. The van der Waals surface area contributed by atoms with Crippen LogP contribution in [0.1, 0.15) is 39.6 Å². The number of nitrogens with zero attached hydrogens (tertiary/aromatic N) is 2. The van der Waals surface area contributed by atoms with Gasteiger partial charge in [0.1, 0.15) is 0 Å². The van der Waals surface area contributed by atoms with E-state index >= 15 is 0 Å². The number of pyridine rings is 1. The third kappa shape index (κ3) is 2.76. The molecule has 0 aliphatic carbocycles. The fourth-order valence-corrected chi connectivity index (χ4v) is 1.60. The minimum Gasteiger partial charge on any atom is -0.477 e. The van der Waals surface area contributed by atoms with E-state index in [2.05, 4.69) is 20.3 Å². The number of aromatic nitrogens is 3. The highest BCUT2D eigenvalue weighted by atomic mass is 16.4. The van der Waals surface area contributed by atoms with Crippen molar-refractivity contribution in [3.63, 3.8) is 0 Å². The summed E-state index contributed by atoms with van der Waals surface area (Å²) >= 11 is 0. The molecule has 19 heavy (non-hydrogen) atoms. The van der Waals surface area contributed by atoms with Gasteiger partial charge in [0.25, 0.3) is 5.91 Å². The van der Waals surface area contributed by atoms with Crippen molar-refractivity contribution >= 4 is 11.9 Å². The smallest absolute Gasteiger partial charge is 0.354 e. The molecular weight excluding hydrogens is 248 g/mol. The van der Waals surface area contributed by atoms with E-state index in [4.69, 9.17) is 5.11 Å². The average Bonchev–Trinajstić information content (AvgIpc) is 2.89. The number of hydrogen-bond donors (Lipinski definition) is 3. The zero-order chi connectivity index (χ0) is 13.8. The maximum absolute atomic E-state index is 11.9. The van der Waals surface area contributed by atoms with Crippen LogP contribution in [-0.4, -0.2) is 31.9 Å². The number of nitrogens with one attached hydrogen (secondary N) is 2. The number of amides is 1. The highest BCUT2D eigenvalue weighted by molar-refractivity contribution is 6.02. The van der Waals surface area contributed by atoms with Crippen LogP contribution in [0.3, 0.4) is 0 Å².